The summed E-state index contributed by atoms with van der Waals surface area (Å²) in [6.45, 7) is 10.4. The average Bonchev–Trinajstić information content (AvgIpc) is 3.40. The standard InChI is InChI=1S/C27H36N6O3/c1-17-6-9-31(10-7-17)20-15-30(16-20)13-18-8-11-32(14-18)19-2-3-21-22(12-19)25(28)33(27(21)36)23-4-5-24(34)29-26(23)35/h2-3,12,17-18,20,23,28H,4-11,13-16H2,1H3,(H,29,34,35). The third-order valence-electron chi connectivity index (χ3n) is 8.91. The molecule has 1 aromatic rings. The molecule has 0 aliphatic carbocycles. The van der Waals surface area contributed by atoms with Gasteiger partial charge in [-0.2, -0.15) is 0 Å². The molecule has 0 radical (unpaired) electrons. The lowest BCUT2D eigenvalue weighted by molar-refractivity contribution is -0.135. The van der Waals surface area contributed by atoms with Gasteiger partial charge >= 0.3 is 0 Å². The van der Waals surface area contributed by atoms with Crippen molar-refractivity contribution >= 4 is 29.2 Å². The van der Waals surface area contributed by atoms with Gasteiger partial charge in [-0.25, -0.2) is 0 Å². The molecule has 5 heterocycles. The highest BCUT2D eigenvalue weighted by molar-refractivity contribution is 6.24. The summed E-state index contributed by atoms with van der Waals surface area (Å²) >= 11 is 0. The number of hydrogen-bond donors (Lipinski definition) is 2. The first-order valence-electron chi connectivity index (χ1n) is 13.5. The van der Waals surface area contributed by atoms with E-state index >= 15 is 0 Å². The zero-order valence-electron chi connectivity index (χ0n) is 21.0. The normalized spacial score (nSPS) is 28.6. The van der Waals surface area contributed by atoms with Crippen molar-refractivity contribution in [2.45, 2.75) is 51.1 Å². The molecule has 192 valence electrons. The van der Waals surface area contributed by atoms with E-state index in [2.05, 4.69) is 26.9 Å². The lowest BCUT2D eigenvalue weighted by atomic mass is 9.95. The number of amides is 3. The Morgan fingerprint density at radius 3 is 2.50 bits per heavy atom. The van der Waals surface area contributed by atoms with Crippen LogP contribution < -0.4 is 10.2 Å². The van der Waals surface area contributed by atoms with Gasteiger partial charge in [0.2, 0.25) is 11.8 Å². The highest BCUT2D eigenvalue weighted by Crippen LogP contribution is 2.33. The minimum absolute atomic E-state index is 0.0563. The van der Waals surface area contributed by atoms with E-state index in [1.165, 1.54) is 43.9 Å². The van der Waals surface area contributed by atoms with Gasteiger partial charge in [0.05, 0.1) is 5.56 Å². The minimum atomic E-state index is -0.802. The largest absolute Gasteiger partial charge is 0.371 e. The van der Waals surface area contributed by atoms with E-state index in [1.807, 2.05) is 12.1 Å². The number of carbonyl (C=O) groups excluding carboxylic acids is 3. The number of benzene rings is 1. The lowest BCUT2D eigenvalue weighted by Crippen LogP contribution is -2.61. The van der Waals surface area contributed by atoms with Crippen molar-refractivity contribution < 1.29 is 14.4 Å². The van der Waals surface area contributed by atoms with Crippen molar-refractivity contribution in [3.05, 3.63) is 29.3 Å². The number of hydrogen-bond acceptors (Lipinski definition) is 7. The number of carbonyl (C=O) groups is 3. The number of amidine groups is 1. The number of anilines is 1. The number of likely N-dealkylation sites (tertiary alicyclic amines) is 2. The molecular formula is C27H36N6O3. The number of imide groups is 1. The fraction of sp³-hybridized carbons (Fsp3) is 0.630. The Hall–Kier alpha value is -2.78. The second kappa shape index (κ2) is 9.27. The average molecular weight is 493 g/mol. The van der Waals surface area contributed by atoms with Crippen molar-refractivity contribution in [2.75, 3.05) is 50.7 Å². The number of piperidine rings is 2. The van der Waals surface area contributed by atoms with E-state index < -0.39 is 11.9 Å². The highest BCUT2D eigenvalue weighted by Gasteiger charge is 2.43. The Balaban J connectivity index is 1.05. The van der Waals surface area contributed by atoms with E-state index in [9.17, 15) is 14.4 Å². The van der Waals surface area contributed by atoms with Gasteiger partial charge in [-0.15, -0.1) is 0 Å². The summed E-state index contributed by atoms with van der Waals surface area (Å²) in [6, 6.07) is 5.63. The summed E-state index contributed by atoms with van der Waals surface area (Å²) < 4.78 is 0. The first kappa shape index (κ1) is 23.6. The van der Waals surface area contributed by atoms with Gasteiger partial charge in [0, 0.05) is 56.4 Å². The van der Waals surface area contributed by atoms with E-state index in [1.54, 1.807) is 6.07 Å². The third kappa shape index (κ3) is 4.22. The SMILES string of the molecule is CC1CCN(C2CN(CC3CCN(c4ccc5c(c4)C(=N)N(C4CCC(=O)NC4=O)C5=O)C3)C2)CC1. The first-order valence-corrected chi connectivity index (χ1v) is 13.5. The van der Waals surface area contributed by atoms with Crippen LogP contribution in [0.3, 0.4) is 0 Å². The maximum Gasteiger partial charge on any atom is 0.260 e. The van der Waals surface area contributed by atoms with Crippen molar-refractivity contribution in [1.29, 1.82) is 5.41 Å². The fourth-order valence-electron chi connectivity index (χ4n) is 6.60. The van der Waals surface area contributed by atoms with Crippen LogP contribution >= 0.6 is 0 Å². The zero-order valence-corrected chi connectivity index (χ0v) is 21.0. The van der Waals surface area contributed by atoms with Crippen molar-refractivity contribution in [1.82, 2.24) is 20.0 Å². The second-order valence-corrected chi connectivity index (χ2v) is 11.4. The van der Waals surface area contributed by atoms with Crippen LogP contribution in [-0.4, -0.2) is 96.2 Å². The number of rotatable bonds is 5. The van der Waals surface area contributed by atoms with Crippen LogP contribution in [0.1, 0.15) is 54.9 Å². The summed E-state index contributed by atoms with van der Waals surface area (Å²) in [7, 11) is 0. The molecule has 36 heavy (non-hydrogen) atoms. The Morgan fingerprint density at radius 1 is 0.972 bits per heavy atom. The van der Waals surface area contributed by atoms with E-state index in [0.29, 0.717) is 17.0 Å². The number of fused-ring (bicyclic) bond motifs is 1. The molecule has 4 saturated heterocycles. The van der Waals surface area contributed by atoms with Crippen molar-refractivity contribution in [3.63, 3.8) is 0 Å². The third-order valence-corrected chi connectivity index (χ3v) is 8.91. The molecule has 2 atom stereocenters. The van der Waals surface area contributed by atoms with Crippen molar-refractivity contribution in [3.8, 4) is 0 Å². The predicted molar refractivity (Wildman–Crippen MR) is 136 cm³/mol. The molecule has 2 unspecified atom stereocenters. The van der Waals surface area contributed by atoms with E-state index in [4.69, 9.17) is 5.41 Å². The molecule has 2 N–H and O–H groups in total. The predicted octanol–water partition coefficient (Wildman–Crippen LogP) is 1.52. The second-order valence-electron chi connectivity index (χ2n) is 11.4. The van der Waals surface area contributed by atoms with Crippen LogP contribution in [0, 0.1) is 17.2 Å². The van der Waals surface area contributed by atoms with Crippen LogP contribution in [0.4, 0.5) is 5.69 Å². The van der Waals surface area contributed by atoms with Crippen LogP contribution in [0.15, 0.2) is 18.2 Å². The van der Waals surface area contributed by atoms with Gasteiger partial charge < -0.3 is 4.90 Å². The Bertz CT molecular complexity index is 1090. The molecule has 6 rings (SSSR count). The maximum absolute atomic E-state index is 13.0. The molecule has 0 spiro atoms. The lowest BCUT2D eigenvalue weighted by Gasteiger charge is -2.48. The quantitative estimate of drug-likeness (QED) is 0.605. The molecule has 3 amide bonds. The highest BCUT2D eigenvalue weighted by atomic mass is 16.2. The summed E-state index contributed by atoms with van der Waals surface area (Å²) in [5.74, 6) is 0.410. The molecule has 1 aromatic carbocycles. The zero-order chi connectivity index (χ0) is 25.0. The summed E-state index contributed by atoms with van der Waals surface area (Å²) in [5, 5.41) is 11.0. The molecule has 0 aromatic heterocycles. The molecule has 9 nitrogen and oxygen atoms in total. The monoisotopic (exact) mass is 492 g/mol. The summed E-state index contributed by atoms with van der Waals surface area (Å²) in [6.07, 6.45) is 4.26. The molecule has 4 fully saturated rings. The number of nitrogens with one attached hydrogen (secondary N) is 2. The minimum Gasteiger partial charge on any atom is -0.371 e. The van der Waals surface area contributed by atoms with E-state index in [0.717, 1.165) is 43.7 Å². The molecule has 0 bridgehead atoms. The molecule has 5 aliphatic rings. The Kier molecular flexibility index (Phi) is 6.08. The van der Waals surface area contributed by atoms with Gasteiger partial charge in [0.25, 0.3) is 5.91 Å². The van der Waals surface area contributed by atoms with Crippen molar-refractivity contribution in [2.24, 2.45) is 11.8 Å². The molecule has 5 aliphatic heterocycles. The van der Waals surface area contributed by atoms with E-state index in [-0.39, 0.29) is 30.5 Å². The fourth-order valence-corrected chi connectivity index (χ4v) is 6.60. The molecular weight excluding hydrogens is 456 g/mol. The topological polar surface area (TPSA) is 100 Å². The number of nitrogens with zero attached hydrogens (tertiary/aromatic N) is 4. The summed E-state index contributed by atoms with van der Waals surface area (Å²) in [4.78, 5) is 45.8. The summed E-state index contributed by atoms with van der Waals surface area (Å²) in [5.41, 5.74) is 2.07. The maximum atomic E-state index is 13.0. The smallest absolute Gasteiger partial charge is 0.260 e. The first-order chi connectivity index (χ1) is 17.4. The van der Waals surface area contributed by atoms with Crippen LogP contribution in [0.5, 0.6) is 0 Å². The van der Waals surface area contributed by atoms with Gasteiger partial charge in [-0.3, -0.25) is 39.8 Å². The Labute approximate surface area is 212 Å². The van der Waals surface area contributed by atoms with Crippen LogP contribution in [0.2, 0.25) is 0 Å². The van der Waals surface area contributed by atoms with Gasteiger partial charge in [-0.1, -0.05) is 6.92 Å². The molecule has 0 saturated carbocycles. The van der Waals surface area contributed by atoms with Crippen LogP contribution in [0.25, 0.3) is 0 Å². The van der Waals surface area contributed by atoms with Crippen LogP contribution in [-0.2, 0) is 9.59 Å². The Morgan fingerprint density at radius 2 is 1.75 bits per heavy atom. The molecule has 9 heteroatoms. The van der Waals surface area contributed by atoms with Gasteiger partial charge in [0.1, 0.15) is 11.9 Å². The van der Waals surface area contributed by atoms with Gasteiger partial charge in [0.15, 0.2) is 0 Å². The van der Waals surface area contributed by atoms with Gasteiger partial charge in [-0.05, 0) is 68.8 Å².